The topological polar surface area (TPSA) is 52.5 Å². The van der Waals surface area contributed by atoms with E-state index in [9.17, 15) is 5.11 Å². The van der Waals surface area contributed by atoms with Crippen LogP contribution in [-0.4, -0.2) is 35.7 Å². The van der Waals surface area contributed by atoms with E-state index in [0.29, 0.717) is 5.75 Å². The number of rotatable bonds is 6. The van der Waals surface area contributed by atoms with Gasteiger partial charge in [0.05, 0.1) is 12.7 Å². The summed E-state index contributed by atoms with van der Waals surface area (Å²) in [7, 11) is 1.93. The molecule has 1 unspecified atom stereocenters. The maximum Gasteiger partial charge on any atom is 0.0864 e. The lowest BCUT2D eigenvalue weighted by Gasteiger charge is -2.10. The number of hydrogen-bond donors (Lipinski definition) is 3. The molecule has 1 aromatic rings. The lowest BCUT2D eigenvalue weighted by Crippen LogP contribution is -2.14. The third kappa shape index (κ3) is 4.14. The smallest absolute Gasteiger partial charge is 0.0864 e. The molecule has 0 amide bonds. The van der Waals surface area contributed by atoms with E-state index in [0.717, 1.165) is 11.4 Å². The Hall–Kier alpha value is -0.550. The largest absolute Gasteiger partial charge is 0.394 e. The third-order valence-electron chi connectivity index (χ3n) is 2.26. The molecule has 1 atom stereocenters. The molecular weight excluding hydrogens is 222 g/mol. The van der Waals surface area contributed by atoms with Crippen molar-refractivity contribution in [1.82, 2.24) is 5.32 Å². The molecule has 4 heteroatoms. The predicted octanol–water partition coefficient (Wildman–Crippen LogP) is 1.16. The zero-order valence-electron chi connectivity index (χ0n) is 9.73. The first-order valence-electron chi connectivity index (χ1n) is 5.33. The highest BCUT2D eigenvalue weighted by atomic mass is 32.2. The second-order valence-corrected chi connectivity index (χ2v) is 4.84. The van der Waals surface area contributed by atoms with Gasteiger partial charge in [0, 0.05) is 17.2 Å². The summed E-state index contributed by atoms with van der Waals surface area (Å²) in [6.45, 7) is 2.75. The maximum atomic E-state index is 9.27. The summed E-state index contributed by atoms with van der Waals surface area (Å²) >= 11 is 1.58. The van der Waals surface area contributed by atoms with Crippen LogP contribution in [0.4, 0.5) is 0 Å². The van der Waals surface area contributed by atoms with Gasteiger partial charge in [0.25, 0.3) is 0 Å². The second-order valence-electron chi connectivity index (χ2n) is 3.78. The van der Waals surface area contributed by atoms with Gasteiger partial charge in [0.15, 0.2) is 0 Å². The first-order chi connectivity index (χ1) is 7.67. The van der Waals surface area contributed by atoms with Crippen LogP contribution in [-0.2, 0) is 6.54 Å². The lowest BCUT2D eigenvalue weighted by molar-refractivity contribution is 0.113. The van der Waals surface area contributed by atoms with E-state index >= 15 is 0 Å². The quantitative estimate of drug-likeness (QED) is 0.654. The van der Waals surface area contributed by atoms with Gasteiger partial charge in [-0.1, -0.05) is 12.1 Å². The van der Waals surface area contributed by atoms with Crippen LogP contribution in [0.1, 0.15) is 11.1 Å². The summed E-state index contributed by atoms with van der Waals surface area (Å²) in [5.74, 6) is 0.530. The Kier molecular flexibility index (Phi) is 5.84. The molecule has 0 aromatic heterocycles. The predicted molar refractivity (Wildman–Crippen MR) is 67.8 cm³/mol. The molecule has 0 radical (unpaired) electrons. The number of aryl methyl sites for hydroxylation is 1. The molecule has 16 heavy (non-hydrogen) atoms. The molecule has 90 valence electrons. The average Bonchev–Trinajstić information content (AvgIpc) is 2.28. The molecule has 0 saturated heterocycles. The van der Waals surface area contributed by atoms with Crippen molar-refractivity contribution in [2.24, 2.45) is 0 Å². The minimum atomic E-state index is -0.638. The number of aliphatic hydroxyl groups is 2. The standard InChI is InChI=1S/C12H19NO2S/c1-9-5-10(6-13-2)3-4-12(9)16-8-11(15)7-14/h3-5,11,13-15H,6-8H2,1-2H3. The number of aliphatic hydroxyl groups excluding tert-OH is 2. The molecule has 3 N–H and O–H groups in total. The molecule has 0 bridgehead atoms. The fourth-order valence-corrected chi connectivity index (χ4v) is 2.35. The highest BCUT2D eigenvalue weighted by molar-refractivity contribution is 7.99. The summed E-state index contributed by atoms with van der Waals surface area (Å²) in [6.07, 6.45) is -0.638. The summed E-state index contributed by atoms with van der Waals surface area (Å²) in [4.78, 5) is 1.16. The van der Waals surface area contributed by atoms with Crippen LogP contribution in [0.2, 0.25) is 0 Å². The highest BCUT2D eigenvalue weighted by Crippen LogP contribution is 2.23. The van der Waals surface area contributed by atoms with E-state index in [1.807, 2.05) is 7.05 Å². The van der Waals surface area contributed by atoms with Gasteiger partial charge in [-0.3, -0.25) is 0 Å². The first kappa shape index (κ1) is 13.5. The monoisotopic (exact) mass is 241 g/mol. The van der Waals surface area contributed by atoms with Gasteiger partial charge in [-0.05, 0) is 31.2 Å². The lowest BCUT2D eigenvalue weighted by atomic mass is 10.1. The maximum absolute atomic E-state index is 9.27. The molecule has 0 fully saturated rings. The number of thioether (sulfide) groups is 1. The van der Waals surface area contributed by atoms with E-state index in [1.54, 1.807) is 11.8 Å². The van der Waals surface area contributed by atoms with Gasteiger partial charge in [-0.25, -0.2) is 0 Å². The van der Waals surface area contributed by atoms with E-state index in [4.69, 9.17) is 5.11 Å². The van der Waals surface area contributed by atoms with Crippen LogP contribution in [0.15, 0.2) is 23.1 Å². The van der Waals surface area contributed by atoms with Crippen LogP contribution in [0.5, 0.6) is 0 Å². The summed E-state index contributed by atoms with van der Waals surface area (Å²) in [5, 5.41) is 21.1. The van der Waals surface area contributed by atoms with Crippen molar-refractivity contribution in [3.05, 3.63) is 29.3 Å². The van der Waals surface area contributed by atoms with Crippen molar-refractivity contribution < 1.29 is 10.2 Å². The zero-order chi connectivity index (χ0) is 12.0. The van der Waals surface area contributed by atoms with E-state index in [2.05, 4.69) is 30.4 Å². The van der Waals surface area contributed by atoms with Crippen molar-refractivity contribution in [1.29, 1.82) is 0 Å². The Morgan fingerprint density at radius 2 is 2.19 bits per heavy atom. The Labute approximate surface area is 101 Å². The Balaban J connectivity index is 2.60. The molecule has 3 nitrogen and oxygen atoms in total. The Morgan fingerprint density at radius 3 is 2.75 bits per heavy atom. The first-order valence-corrected chi connectivity index (χ1v) is 6.31. The number of nitrogens with one attached hydrogen (secondary N) is 1. The number of hydrogen-bond acceptors (Lipinski definition) is 4. The minimum absolute atomic E-state index is 0.177. The van der Waals surface area contributed by atoms with E-state index in [1.165, 1.54) is 11.1 Å². The van der Waals surface area contributed by atoms with Crippen LogP contribution in [0, 0.1) is 6.92 Å². The summed E-state index contributed by atoms with van der Waals surface area (Å²) < 4.78 is 0. The molecule has 0 aliphatic heterocycles. The molecule has 1 rings (SSSR count). The van der Waals surface area contributed by atoms with Crippen LogP contribution in [0.3, 0.4) is 0 Å². The van der Waals surface area contributed by atoms with Gasteiger partial charge in [0.1, 0.15) is 0 Å². The van der Waals surface area contributed by atoms with Gasteiger partial charge >= 0.3 is 0 Å². The molecule has 0 aliphatic rings. The molecule has 0 aliphatic carbocycles. The summed E-state index contributed by atoms with van der Waals surface area (Å²) in [6, 6.07) is 6.29. The van der Waals surface area contributed by atoms with E-state index in [-0.39, 0.29) is 6.61 Å². The Morgan fingerprint density at radius 1 is 1.44 bits per heavy atom. The van der Waals surface area contributed by atoms with Crippen LogP contribution < -0.4 is 5.32 Å². The molecule has 0 heterocycles. The van der Waals surface area contributed by atoms with Crippen LogP contribution >= 0.6 is 11.8 Å². The normalized spacial score (nSPS) is 12.8. The zero-order valence-corrected chi connectivity index (χ0v) is 10.5. The van der Waals surface area contributed by atoms with Crippen molar-refractivity contribution in [2.75, 3.05) is 19.4 Å². The van der Waals surface area contributed by atoms with Crippen molar-refractivity contribution >= 4 is 11.8 Å². The highest BCUT2D eigenvalue weighted by Gasteiger charge is 2.05. The molecule has 0 spiro atoms. The van der Waals surface area contributed by atoms with Crippen molar-refractivity contribution in [3.8, 4) is 0 Å². The second kappa shape index (κ2) is 6.91. The third-order valence-corrected chi connectivity index (χ3v) is 3.58. The van der Waals surface area contributed by atoms with E-state index < -0.39 is 6.10 Å². The van der Waals surface area contributed by atoms with Gasteiger partial charge < -0.3 is 15.5 Å². The van der Waals surface area contributed by atoms with Crippen molar-refractivity contribution in [2.45, 2.75) is 24.5 Å². The molecule has 1 aromatic carbocycles. The van der Waals surface area contributed by atoms with Gasteiger partial charge in [-0.15, -0.1) is 11.8 Å². The fraction of sp³-hybridized carbons (Fsp3) is 0.500. The van der Waals surface area contributed by atoms with Crippen molar-refractivity contribution in [3.63, 3.8) is 0 Å². The molecular formula is C12H19NO2S. The summed E-state index contributed by atoms with van der Waals surface area (Å²) in [5.41, 5.74) is 2.47. The minimum Gasteiger partial charge on any atom is -0.394 e. The SMILES string of the molecule is CNCc1ccc(SCC(O)CO)c(C)c1. The van der Waals surface area contributed by atoms with Gasteiger partial charge in [-0.2, -0.15) is 0 Å². The number of benzene rings is 1. The van der Waals surface area contributed by atoms with Gasteiger partial charge in [0.2, 0.25) is 0 Å². The Bertz CT molecular complexity index is 331. The average molecular weight is 241 g/mol. The fourth-order valence-electron chi connectivity index (χ4n) is 1.43. The molecule has 0 saturated carbocycles. The van der Waals surface area contributed by atoms with Crippen LogP contribution in [0.25, 0.3) is 0 Å².